The average Bonchev–Trinajstić information content (AvgIpc) is 3.03. The average molecular weight is 395 g/mol. The van der Waals surface area contributed by atoms with Gasteiger partial charge in [0.1, 0.15) is 6.10 Å². The highest BCUT2D eigenvalue weighted by molar-refractivity contribution is 5.66. The molecule has 1 rings (SSSR count). The SMILES string of the molecule is CC/C=C\C/C=C\C[C@H](O)[C@@H]1C[C@@H](O)[C@H](/C=C/[C@H](O)C/C=C\CCC(=O)O)O1. The van der Waals surface area contributed by atoms with Crippen molar-refractivity contribution < 1.29 is 30.0 Å². The third-order valence-electron chi connectivity index (χ3n) is 4.42. The number of ether oxygens (including phenoxy) is 1. The van der Waals surface area contributed by atoms with Crippen LogP contribution in [0.15, 0.2) is 48.6 Å². The highest BCUT2D eigenvalue weighted by atomic mass is 16.5. The smallest absolute Gasteiger partial charge is 0.303 e. The molecule has 5 atom stereocenters. The number of hydrogen-bond acceptors (Lipinski definition) is 5. The Bertz CT molecular complexity index is 551. The Labute approximate surface area is 167 Å². The minimum absolute atomic E-state index is 0.0683. The number of carbonyl (C=O) groups is 1. The molecule has 28 heavy (non-hydrogen) atoms. The summed E-state index contributed by atoms with van der Waals surface area (Å²) in [6.07, 6.45) is 15.1. The van der Waals surface area contributed by atoms with Gasteiger partial charge in [0, 0.05) is 12.8 Å². The van der Waals surface area contributed by atoms with E-state index in [-0.39, 0.29) is 6.42 Å². The van der Waals surface area contributed by atoms with Crippen LogP contribution in [-0.4, -0.2) is 56.9 Å². The van der Waals surface area contributed by atoms with E-state index in [0.29, 0.717) is 25.7 Å². The summed E-state index contributed by atoms with van der Waals surface area (Å²) in [5.41, 5.74) is 0. The van der Waals surface area contributed by atoms with Crippen LogP contribution in [0.2, 0.25) is 0 Å². The maximum Gasteiger partial charge on any atom is 0.303 e. The molecule has 0 aromatic rings. The molecule has 0 radical (unpaired) electrons. The zero-order valence-corrected chi connectivity index (χ0v) is 16.6. The van der Waals surface area contributed by atoms with Gasteiger partial charge in [-0.25, -0.2) is 0 Å². The summed E-state index contributed by atoms with van der Waals surface area (Å²) in [7, 11) is 0. The third-order valence-corrected chi connectivity index (χ3v) is 4.42. The van der Waals surface area contributed by atoms with Gasteiger partial charge in [0.15, 0.2) is 0 Å². The van der Waals surface area contributed by atoms with E-state index in [1.165, 1.54) is 0 Å². The molecule has 6 heteroatoms. The van der Waals surface area contributed by atoms with Crippen molar-refractivity contribution >= 4 is 5.97 Å². The number of aliphatic carboxylic acids is 1. The molecule has 0 aliphatic carbocycles. The fourth-order valence-corrected chi connectivity index (χ4v) is 2.84. The normalized spacial score (nSPS) is 25.5. The Hall–Kier alpha value is -1.73. The Kier molecular flexibility index (Phi) is 12.4. The molecular formula is C22H34O6. The van der Waals surface area contributed by atoms with E-state index in [1.54, 1.807) is 24.3 Å². The van der Waals surface area contributed by atoms with E-state index in [0.717, 1.165) is 12.8 Å². The first-order chi connectivity index (χ1) is 13.4. The number of aliphatic hydroxyl groups is 3. The van der Waals surface area contributed by atoms with Gasteiger partial charge >= 0.3 is 5.97 Å². The van der Waals surface area contributed by atoms with Crippen LogP contribution in [0.1, 0.15) is 51.9 Å². The molecule has 0 aromatic carbocycles. The van der Waals surface area contributed by atoms with Crippen LogP contribution < -0.4 is 0 Å². The molecule has 0 unspecified atom stereocenters. The van der Waals surface area contributed by atoms with Gasteiger partial charge in [-0.1, -0.05) is 55.5 Å². The minimum Gasteiger partial charge on any atom is -0.481 e. The molecule has 1 aliphatic rings. The Morgan fingerprint density at radius 1 is 1.11 bits per heavy atom. The number of rotatable bonds is 13. The molecule has 4 N–H and O–H groups in total. The minimum atomic E-state index is -0.849. The summed E-state index contributed by atoms with van der Waals surface area (Å²) in [5.74, 6) is -0.849. The van der Waals surface area contributed by atoms with Gasteiger partial charge in [0.2, 0.25) is 0 Å². The Balaban J connectivity index is 2.34. The van der Waals surface area contributed by atoms with E-state index < -0.39 is 36.5 Å². The molecule has 0 spiro atoms. The van der Waals surface area contributed by atoms with Gasteiger partial charge in [-0.3, -0.25) is 4.79 Å². The maximum atomic E-state index is 10.4. The molecule has 1 heterocycles. The molecule has 0 aromatic heterocycles. The molecule has 158 valence electrons. The van der Waals surface area contributed by atoms with Crippen molar-refractivity contribution in [3.05, 3.63) is 48.6 Å². The van der Waals surface area contributed by atoms with Crippen LogP contribution in [0, 0.1) is 0 Å². The molecule has 1 fully saturated rings. The molecule has 1 saturated heterocycles. The number of carboxylic acids is 1. The van der Waals surface area contributed by atoms with Crippen molar-refractivity contribution in [3.8, 4) is 0 Å². The number of carboxylic acid groups (broad SMARTS) is 1. The van der Waals surface area contributed by atoms with E-state index in [9.17, 15) is 20.1 Å². The highest BCUT2D eigenvalue weighted by Gasteiger charge is 2.35. The summed E-state index contributed by atoms with van der Waals surface area (Å²) in [4.78, 5) is 10.4. The largest absolute Gasteiger partial charge is 0.481 e. The Morgan fingerprint density at radius 3 is 2.54 bits per heavy atom. The molecule has 0 bridgehead atoms. The molecule has 0 amide bonds. The molecule has 0 saturated carbocycles. The van der Waals surface area contributed by atoms with Crippen molar-refractivity contribution in [2.45, 2.75) is 82.4 Å². The zero-order chi connectivity index (χ0) is 20.8. The Morgan fingerprint density at radius 2 is 1.82 bits per heavy atom. The zero-order valence-electron chi connectivity index (χ0n) is 16.6. The lowest BCUT2D eigenvalue weighted by atomic mass is 10.0. The van der Waals surface area contributed by atoms with Gasteiger partial charge in [-0.15, -0.1) is 0 Å². The van der Waals surface area contributed by atoms with E-state index in [4.69, 9.17) is 9.84 Å². The van der Waals surface area contributed by atoms with Crippen molar-refractivity contribution in [2.75, 3.05) is 0 Å². The fraction of sp³-hybridized carbons (Fsp3) is 0.591. The number of aliphatic hydroxyl groups excluding tert-OH is 3. The first-order valence-electron chi connectivity index (χ1n) is 9.98. The summed E-state index contributed by atoms with van der Waals surface area (Å²) < 4.78 is 5.72. The van der Waals surface area contributed by atoms with Gasteiger partial charge < -0.3 is 25.2 Å². The van der Waals surface area contributed by atoms with Crippen LogP contribution in [0.25, 0.3) is 0 Å². The second kappa shape index (κ2) is 14.3. The van der Waals surface area contributed by atoms with Crippen LogP contribution in [0.3, 0.4) is 0 Å². The first-order valence-corrected chi connectivity index (χ1v) is 9.98. The second-order valence-electron chi connectivity index (χ2n) is 6.92. The van der Waals surface area contributed by atoms with E-state index >= 15 is 0 Å². The van der Waals surface area contributed by atoms with Crippen LogP contribution >= 0.6 is 0 Å². The molecule has 6 nitrogen and oxygen atoms in total. The van der Waals surface area contributed by atoms with Gasteiger partial charge in [0.25, 0.3) is 0 Å². The summed E-state index contributed by atoms with van der Waals surface area (Å²) in [5, 5.41) is 38.8. The van der Waals surface area contributed by atoms with Gasteiger partial charge in [0.05, 0.1) is 24.4 Å². The quantitative estimate of drug-likeness (QED) is 0.358. The third kappa shape index (κ3) is 10.6. The lowest BCUT2D eigenvalue weighted by Crippen LogP contribution is -2.25. The topological polar surface area (TPSA) is 107 Å². The standard InChI is InChI=1S/C22H34O6/c1-2-3-4-5-6-9-12-18(24)21-16-19(25)20(28-21)15-14-17(23)11-8-7-10-13-22(26)27/h3-4,6-9,14-15,17-21,23-25H,2,5,10-13,16H2,1H3,(H,26,27)/b4-3-,8-7-,9-6-,15-14+/t17-,18+,19-,20+,21+/m1/s1. The van der Waals surface area contributed by atoms with Crippen molar-refractivity contribution in [3.63, 3.8) is 0 Å². The first kappa shape index (κ1) is 24.3. The van der Waals surface area contributed by atoms with Crippen LogP contribution in [0.4, 0.5) is 0 Å². The summed E-state index contributed by atoms with van der Waals surface area (Å²) in [6, 6.07) is 0. The lowest BCUT2D eigenvalue weighted by Gasteiger charge is -2.16. The second-order valence-corrected chi connectivity index (χ2v) is 6.92. The van der Waals surface area contributed by atoms with Crippen molar-refractivity contribution in [1.29, 1.82) is 0 Å². The monoisotopic (exact) mass is 394 g/mol. The fourth-order valence-electron chi connectivity index (χ4n) is 2.84. The van der Waals surface area contributed by atoms with Crippen molar-refractivity contribution in [2.24, 2.45) is 0 Å². The van der Waals surface area contributed by atoms with Crippen LogP contribution in [-0.2, 0) is 9.53 Å². The predicted octanol–water partition coefficient (Wildman–Crippen LogP) is 2.90. The van der Waals surface area contributed by atoms with E-state index in [1.807, 2.05) is 12.2 Å². The maximum absolute atomic E-state index is 10.4. The molecular weight excluding hydrogens is 360 g/mol. The number of allylic oxidation sites excluding steroid dienone is 4. The summed E-state index contributed by atoms with van der Waals surface area (Å²) >= 11 is 0. The highest BCUT2D eigenvalue weighted by Crippen LogP contribution is 2.25. The summed E-state index contributed by atoms with van der Waals surface area (Å²) in [6.45, 7) is 2.08. The number of hydrogen-bond donors (Lipinski definition) is 4. The van der Waals surface area contributed by atoms with Crippen molar-refractivity contribution in [1.82, 2.24) is 0 Å². The van der Waals surface area contributed by atoms with E-state index in [2.05, 4.69) is 19.1 Å². The van der Waals surface area contributed by atoms with Gasteiger partial charge in [-0.2, -0.15) is 0 Å². The molecule has 1 aliphatic heterocycles. The van der Waals surface area contributed by atoms with Crippen LogP contribution in [0.5, 0.6) is 0 Å². The predicted molar refractivity (Wildman–Crippen MR) is 109 cm³/mol. The van der Waals surface area contributed by atoms with Gasteiger partial charge in [-0.05, 0) is 32.1 Å². The lowest BCUT2D eigenvalue weighted by molar-refractivity contribution is -0.136.